The van der Waals surface area contributed by atoms with Gasteiger partial charge in [-0.15, -0.1) is 69.1 Å². The van der Waals surface area contributed by atoms with E-state index in [0.717, 1.165) is 0 Å². The largest absolute Gasteiger partial charge is 1.00 e. The molecule has 58 heavy (non-hydrogen) atoms. The van der Waals surface area contributed by atoms with Crippen molar-refractivity contribution in [1.29, 1.82) is 0 Å². The van der Waals surface area contributed by atoms with E-state index in [1.807, 2.05) is 0 Å². The van der Waals surface area contributed by atoms with Crippen LogP contribution >= 0.6 is 0 Å². The molecule has 0 amide bonds. The standard InChI is InChI=1S/2C26H31.C2H6Si.2ClH.Zr/c2*1-3-26(15-6-4-5-7-16-26)19-21-17-23-9-8-10-24(25(23)18-21)22-13-11-20(2)12-14-22;1-3-2;;;/h2*8-14,17-18H,3-7,15-16,19H2,1-2H3;1-2H3;2*1H;/q2*-1;;;;+2/p-2. The smallest absolute Gasteiger partial charge is 1.00 e. The van der Waals surface area contributed by atoms with Crippen molar-refractivity contribution < 1.29 is 48.1 Å². The number of fused-ring (bicyclic) bond motifs is 2. The van der Waals surface area contributed by atoms with Gasteiger partial charge in [-0.1, -0.05) is 161 Å². The number of hydrogen-bond acceptors (Lipinski definition) is 0. The van der Waals surface area contributed by atoms with Gasteiger partial charge in [-0.05, 0) is 74.3 Å². The van der Waals surface area contributed by atoms with Crippen molar-refractivity contribution in [1.82, 2.24) is 0 Å². The Hall–Kier alpha value is -2.22. The van der Waals surface area contributed by atoms with Crippen molar-refractivity contribution in [2.45, 2.75) is 144 Å². The Kier molecular flexibility index (Phi) is 19.3. The van der Waals surface area contributed by atoms with Crippen molar-refractivity contribution >= 4 is 27.0 Å². The molecular weight excluding hydrogens is 839 g/mol. The molecule has 0 spiro atoms. The van der Waals surface area contributed by atoms with Gasteiger partial charge in [0.1, 0.15) is 0 Å². The molecule has 0 N–H and O–H groups in total. The van der Waals surface area contributed by atoms with Crippen molar-refractivity contribution in [2.75, 3.05) is 0 Å². The predicted molar refractivity (Wildman–Crippen MR) is 245 cm³/mol. The van der Waals surface area contributed by atoms with Crippen LogP contribution in [0.5, 0.6) is 0 Å². The summed E-state index contributed by atoms with van der Waals surface area (Å²) in [6.45, 7) is 13.7. The van der Waals surface area contributed by atoms with Crippen LogP contribution in [-0.2, 0) is 36.2 Å². The van der Waals surface area contributed by atoms with Crippen LogP contribution in [0.15, 0.2) is 109 Å². The fourth-order valence-electron chi connectivity index (χ4n) is 9.90. The van der Waals surface area contributed by atoms with Crippen LogP contribution in [0.25, 0.3) is 43.8 Å². The van der Waals surface area contributed by atoms with Gasteiger partial charge in [-0.25, -0.2) is 0 Å². The van der Waals surface area contributed by atoms with Crippen molar-refractivity contribution in [2.24, 2.45) is 10.8 Å². The Labute approximate surface area is 380 Å². The molecule has 0 unspecified atom stereocenters. The summed E-state index contributed by atoms with van der Waals surface area (Å²) in [5.41, 5.74) is 12.4. The molecule has 0 aromatic heterocycles. The van der Waals surface area contributed by atoms with E-state index in [0.29, 0.717) is 10.8 Å². The number of hydrogen-bond donors (Lipinski definition) is 0. The molecule has 0 bridgehead atoms. The van der Waals surface area contributed by atoms with Crippen LogP contribution in [0.3, 0.4) is 0 Å². The van der Waals surface area contributed by atoms with Crippen LogP contribution < -0.4 is 24.8 Å². The van der Waals surface area contributed by atoms with Gasteiger partial charge in [-0.2, -0.15) is 12.1 Å². The molecule has 0 saturated heterocycles. The molecule has 0 aliphatic heterocycles. The molecule has 2 fully saturated rings. The molecule has 0 radical (unpaired) electrons. The van der Waals surface area contributed by atoms with Crippen LogP contribution in [0.2, 0.25) is 13.1 Å². The van der Waals surface area contributed by atoms with E-state index in [1.165, 1.54) is 158 Å². The molecule has 2 aliphatic carbocycles. The molecule has 0 nitrogen and oxygen atoms in total. The van der Waals surface area contributed by atoms with E-state index in [4.69, 9.17) is 0 Å². The minimum absolute atomic E-state index is 0. The van der Waals surface area contributed by atoms with E-state index in [1.54, 1.807) is 34.5 Å². The summed E-state index contributed by atoms with van der Waals surface area (Å²) in [6, 6.07) is 41.3. The van der Waals surface area contributed by atoms with Crippen LogP contribution in [-0.4, -0.2) is 5.43 Å². The minimum Gasteiger partial charge on any atom is -1.00 e. The SMILES string of the molecule is CCC1(Cc2cc3c(-c4ccc(C)cc4)cccc3[cH-]2)CCCCCC1.CCC1(Cc2cc3c(-c4ccc(C)cc4)cccc3[cH-]2)CCCCCC1.C[Si](C)=[Zr+2].[Cl-].[Cl-]. The van der Waals surface area contributed by atoms with E-state index >= 15 is 0 Å². The summed E-state index contributed by atoms with van der Waals surface area (Å²) in [5.74, 6) is 0. The summed E-state index contributed by atoms with van der Waals surface area (Å²) >= 11 is 1.74. The Morgan fingerprint density at radius 1 is 0.517 bits per heavy atom. The van der Waals surface area contributed by atoms with Crippen LogP contribution in [0, 0.1) is 24.7 Å². The first-order valence-corrected chi connectivity index (χ1v) is 28.3. The number of halogens is 2. The molecule has 0 heterocycles. The van der Waals surface area contributed by atoms with E-state index in [2.05, 4.69) is 150 Å². The maximum Gasteiger partial charge on any atom is -1.00 e. The molecule has 4 heteroatoms. The quantitative estimate of drug-likeness (QED) is 0.0811. The Morgan fingerprint density at radius 3 is 1.16 bits per heavy atom. The van der Waals surface area contributed by atoms with Gasteiger partial charge in [0.25, 0.3) is 0 Å². The normalized spacial score (nSPS) is 16.0. The van der Waals surface area contributed by atoms with Crippen LogP contribution in [0.4, 0.5) is 0 Å². The molecule has 0 atom stereocenters. The van der Waals surface area contributed by atoms with Crippen molar-refractivity contribution in [3.05, 3.63) is 131 Å². The third-order valence-electron chi connectivity index (χ3n) is 13.3. The third kappa shape index (κ3) is 12.9. The zero-order valence-electron chi connectivity index (χ0n) is 36.5. The molecule has 2 saturated carbocycles. The fourth-order valence-corrected chi connectivity index (χ4v) is 9.90. The average molecular weight is 907 g/mol. The summed E-state index contributed by atoms with van der Waals surface area (Å²) in [7, 11) is 0. The number of rotatable bonds is 8. The first kappa shape index (κ1) is 48.4. The summed E-state index contributed by atoms with van der Waals surface area (Å²) < 4.78 is 0. The van der Waals surface area contributed by atoms with Crippen molar-refractivity contribution in [3.8, 4) is 22.3 Å². The van der Waals surface area contributed by atoms with E-state index in [9.17, 15) is 0 Å². The predicted octanol–water partition coefficient (Wildman–Crippen LogP) is 10.4. The fraction of sp³-hybridized carbons (Fsp3) is 0.444. The molecular formula is C54H68Cl2SiZr-2. The van der Waals surface area contributed by atoms with Gasteiger partial charge in [0.05, 0.1) is 0 Å². The van der Waals surface area contributed by atoms with Gasteiger partial charge >= 0.3 is 41.9 Å². The molecule has 8 rings (SSSR count). The number of benzene rings is 4. The van der Waals surface area contributed by atoms with Gasteiger partial charge in [-0.3, -0.25) is 0 Å². The second-order valence-electron chi connectivity index (χ2n) is 18.0. The van der Waals surface area contributed by atoms with E-state index in [-0.39, 0.29) is 30.2 Å². The molecule has 308 valence electrons. The second kappa shape index (κ2) is 23.1. The molecule has 2 aliphatic rings. The van der Waals surface area contributed by atoms with Gasteiger partial charge in [0, 0.05) is 0 Å². The maximum absolute atomic E-state index is 2.48. The second-order valence-corrected chi connectivity index (χ2v) is 27.3. The van der Waals surface area contributed by atoms with Gasteiger partial charge in [0.15, 0.2) is 0 Å². The molecule has 6 aromatic rings. The first-order valence-electron chi connectivity index (χ1n) is 22.1. The monoisotopic (exact) mass is 904 g/mol. The first-order chi connectivity index (χ1) is 27.1. The van der Waals surface area contributed by atoms with Crippen molar-refractivity contribution in [3.63, 3.8) is 0 Å². The number of aryl methyl sites for hydroxylation is 2. The summed E-state index contributed by atoms with van der Waals surface area (Å²) in [6.07, 6.45) is 22.2. The Morgan fingerprint density at radius 2 is 0.845 bits per heavy atom. The molecule has 6 aromatic carbocycles. The minimum atomic E-state index is 0. The van der Waals surface area contributed by atoms with Gasteiger partial charge < -0.3 is 24.8 Å². The maximum atomic E-state index is 2.48. The third-order valence-corrected chi connectivity index (χ3v) is 13.3. The topological polar surface area (TPSA) is 0 Å². The summed E-state index contributed by atoms with van der Waals surface area (Å²) in [5, 5.41) is 5.65. The Balaban J connectivity index is 0.000000228. The Bertz CT molecular complexity index is 1980. The summed E-state index contributed by atoms with van der Waals surface area (Å²) in [4.78, 5) is 0. The zero-order chi connectivity index (χ0) is 39.5. The zero-order valence-corrected chi connectivity index (χ0v) is 41.4. The van der Waals surface area contributed by atoms with E-state index < -0.39 is 0 Å². The van der Waals surface area contributed by atoms with Crippen LogP contribution in [0.1, 0.15) is 126 Å². The van der Waals surface area contributed by atoms with Gasteiger partial charge in [0.2, 0.25) is 0 Å². The average Bonchev–Trinajstić information content (AvgIpc) is 3.62.